The summed E-state index contributed by atoms with van der Waals surface area (Å²) in [6.45, 7) is 5.02. The SMILES string of the molecule is CCc1[nH]c(=O)ccc1C(=O)N1C[C@@H]2CN(C(C)=O)[C@H](c3cccc(F)c3)[C@@H]2C1. The predicted molar refractivity (Wildman–Crippen MR) is 106 cm³/mol. The van der Waals surface area contributed by atoms with E-state index in [1.165, 1.54) is 25.1 Å². The van der Waals surface area contributed by atoms with E-state index < -0.39 is 0 Å². The summed E-state index contributed by atoms with van der Waals surface area (Å²) in [5, 5.41) is 0. The lowest BCUT2D eigenvalue weighted by Crippen LogP contribution is -2.37. The monoisotopic (exact) mass is 397 g/mol. The van der Waals surface area contributed by atoms with Crippen molar-refractivity contribution in [2.45, 2.75) is 26.3 Å². The highest BCUT2D eigenvalue weighted by Gasteiger charge is 2.49. The summed E-state index contributed by atoms with van der Waals surface area (Å²) in [4.78, 5) is 43.3. The van der Waals surface area contributed by atoms with Gasteiger partial charge in [-0.2, -0.15) is 0 Å². The molecule has 2 saturated heterocycles. The lowest BCUT2D eigenvalue weighted by Gasteiger charge is -2.29. The quantitative estimate of drug-likeness (QED) is 0.864. The van der Waals surface area contributed by atoms with Crippen LogP contribution in [0.2, 0.25) is 0 Å². The Morgan fingerprint density at radius 2 is 1.97 bits per heavy atom. The van der Waals surface area contributed by atoms with Crippen molar-refractivity contribution in [1.82, 2.24) is 14.8 Å². The molecular weight excluding hydrogens is 373 g/mol. The van der Waals surface area contributed by atoms with E-state index in [9.17, 15) is 18.8 Å². The fourth-order valence-electron chi connectivity index (χ4n) is 4.82. The van der Waals surface area contributed by atoms with E-state index in [0.717, 1.165) is 5.56 Å². The van der Waals surface area contributed by atoms with Gasteiger partial charge in [-0.25, -0.2) is 4.39 Å². The van der Waals surface area contributed by atoms with Crippen molar-refractivity contribution in [3.05, 3.63) is 69.4 Å². The topological polar surface area (TPSA) is 73.5 Å². The Kier molecular flexibility index (Phi) is 4.98. The van der Waals surface area contributed by atoms with Gasteiger partial charge in [0.25, 0.3) is 5.91 Å². The summed E-state index contributed by atoms with van der Waals surface area (Å²) in [7, 11) is 0. The Morgan fingerprint density at radius 1 is 1.17 bits per heavy atom. The van der Waals surface area contributed by atoms with Crippen molar-refractivity contribution >= 4 is 11.8 Å². The number of hydrogen-bond donors (Lipinski definition) is 1. The number of aromatic amines is 1. The second-order valence-corrected chi connectivity index (χ2v) is 7.87. The van der Waals surface area contributed by atoms with Crippen molar-refractivity contribution in [2.75, 3.05) is 19.6 Å². The molecule has 0 aliphatic carbocycles. The molecule has 0 unspecified atom stereocenters. The summed E-state index contributed by atoms with van der Waals surface area (Å²) in [6.07, 6.45) is 0.557. The van der Waals surface area contributed by atoms with Gasteiger partial charge in [0.2, 0.25) is 11.5 Å². The first-order chi connectivity index (χ1) is 13.9. The van der Waals surface area contributed by atoms with E-state index in [1.54, 1.807) is 21.9 Å². The third-order valence-electron chi connectivity index (χ3n) is 6.13. The highest BCUT2D eigenvalue weighted by molar-refractivity contribution is 5.95. The first-order valence-corrected chi connectivity index (χ1v) is 9.93. The minimum atomic E-state index is -0.332. The molecule has 3 atom stereocenters. The second-order valence-electron chi connectivity index (χ2n) is 7.87. The molecule has 7 heteroatoms. The zero-order valence-electron chi connectivity index (χ0n) is 16.5. The number of hydrogen-bond acceptors (Lipinski definition) is 3. The van der Waals surface area contributed by atoms with Gasteiger partial charge in [-0.15, -0.1) is 0 Å². The Bertz CT molecular complexity index is 1020. The number of amides is 2. The van der Waals surface area contributed by atoms with Crippen LogP contribution < -0.4 is 5.56 Å². The molecule has 3 heterocycles. The summed E-state index contributed by atoms with van der Waals surface area (Å²) in [5.41, 5.74) is 1.68. The lowest BCUT2D eigenvalue weighted by atomic mass is 9.89. The van der Waals surface area contributed by atoms with Crippen LogP contribution in [0.4, 0.5) is 4.39 Å². The van der Waals surface area contributed by atoms with E-state index in [0.29, 0.717) is 37.3 Å². The highest BCUT2D eigenvalue weighted by Crippen LogP contribution is 2.45. The van der Waals surface area contributed by atoms with Crippen LogP contribution in [-0.4, -0.2) is 46.2 Å². The number of carbonyl (C=O) groups excluding carboxylic acids is 2. The van der Waals surface area contributed by atoms with Crippen molar-refractivity contribution in [3.63, 3.8) is 0 Å². The number of likely N-dealkylation sites (tertiary alicyclic amines) is 2. The molecule has 152 valence electrons. The van der Waals surface area contributed by atoms with Gasteiger partial charge in [0.1, 0.15) is 5.82 Å². The molecule has 1 N–H and O–H groups in total. The number of H-pyrrole nitrogens is 1. The Balaban J connectivity index is 1.62. The molecule has 2 aliphatic rings. The maximum Gasteiger partial charge on any atom is 0.255 e. The number of rotatable bonds is 3. The number of nitrogens with one attached hydrogen (secondary N) is 1. The smallest absolute Gasteiger partial charge is 0.255 e. The number of fused-ring (bicyclic) bond motifs is 1. The molecule has 2 fully saturated rings. The average Bonchev–Trinajstić information content (AvgIpc) is 3.25. The molecule has 4 rings (SSSR count). The number of pyridine rings is 1. The molecule has 6 nitrogen and oxygen atoms in total. The van der Waals surface area contributed by atoms with Crippen LogP contribution >= 0.6 is 0 Å². The molecule has 2 aromatic rings. The number of carbonyl (C=O) groups is 2. The number of halogens is 1. The van der Waals surface area contributed by atoms with Gasteiger partial charge in [-0.1, -0.05) is 19.1 Å². The van der Waals surface area contributed by atoms with Crippen LogP contribution in [0.15, 0.2) is 41.2 Å². The third-order valence-corrected chi connectivity index (χ3v) is 6.13. The second kappa shape index (κ2) is 7.46. The number of nitrogens with zero attached hydrogens (tertiary/aromatic N) is 2. The molecular formula is C22H24FN3O3. The maximum atomic E-state index is 13.8. The summed E-state index contributed by atoms with van der Waals surface area (Å²) in [6, 6.07) is 9.07. The van der Waals surface area contributed by atoms with Gasteiger partial charge in [0, 0.05) is 50.2 Å². The number of aromatic nitrogens is 1. The van der Waals surface area contributed by atoms with Gasteiger partial charge in [-0.3, -0.25) is 14.4 Å². The van der Waals surface area contributed by atoms with Crippen molar-refractivity contribution in [2.24, 2.45) is 11.8 Å². The fraction of sp³-hybridized carbons (Fsp3) is 0.409. The third kappa shape index (κ3) is 3.45. The van der Waals surface area contributed by atoms with Gasteiger partial charge >= 0.3 is 0 Å². The number of benzene rings is 1. The molecule has 1 aromatic carbocycles. The summed E-state index contributed by atoms with van der Waals surface area (Å²) >= 11 is 0. The summed E-state index contributed by atoms with van der Waals surface area (Å²) in [5.74, 6) is -0.289. The summed E-state index contributed by atoms with van der Waals surface area (Å²) < 4.78 is 13.8. The molecule has 29 heavy (non-hydrogen) atoms. The first-order valence-electron chi connectivity index (χ1n) is 9.93. The van der Waals surface area contributed by atoms with Gasteiger partial charge in [0.05, 0.1) is 11.6 Å². The fourth-order valence-corrected chi connectivity index (χ4v) is 4.82. The van der Waals surface area contributed by atoms with E-state index in [4.69, 9.17) is 0 Å². The minimum absolute atomic E-state index is 0.0413. The minimum Gasteiger partial charge on any atom is -0.338 e. The Labute approximate surface area is 168 Å². The van der Waals surface area contributed by atoms with Crippen molar-refractivity contribution < 1.29 is 14.0 Å². The van der Waals surface area contributed by atoms with Gasteiger partial charge in [-0.05, 0) is 30.2 Å². The predicted octanol–water partition coefficient (Wildman–Crippen LogP) is 2.37. The van der Waals surface area contributed by atoms with Crippen molar-refractivity contribution in [1.29, 1.82) is 0 Å². The number of aryl methyl sites for hydroxylation is 1. The zero-order valence-corrected chi connectivity index (χ0v) is 16.5. The Hall–Kier alpha value is -2.96. The van der Waals surface area contributed by atoms with Crippen LogP contribution in [-0.2, 0) is 11.2 Å². The standard InChI is InChI=1S/C22H24FN3O3/c1-3-19-17(7-8-20(28)24-19)22(29)25-10-15-11-26(13(2)27)21(18(15)12-25)14-5-4-6-16(23)9-14/h4-9,15,18,21H,3,10-12H2,1-2H3,(H,24,28)/t15-,18-,21-/m1/s1. The van der Waals surface area contributed by atoms with Crippen LogP contribution in [0.5, 0.6) is 0 Å². The van der Waals surface area contributed by atoms with Crippen molar-refractivity contribution in [3.8, 4) is 0 Å². The molecule has 1 aromatic heterocycles. The first kappa shape index (κ1) is 19.4. The zero-order chi connectivity index (χ0) is 20.7. The van der Waals surface area contributed by atoms with E-state index in [2.05, 4.69) is 4.98 Å². The van der Waals surface area contributed by atoms with Gasteiger partial charge < -0.3 is 14.8 Å². The van der Waals surface area contributed by atoms with Gasteiger partial charge in [0.15, 0.2) is 0 Å². The maximum absolute atomic E-state index is 13.8. The largest absolute Gasteiger partial charge is 0.338 e. The normalized spacial score (nSPS) is 23.3. The van der Waals surface area contributed by atoms with E-state index in [-0.39, 0.29) is 41.1 Å². The van der Waals surface area contributed by atoms with Crippen LogP contribution in [0.3, 0.4) is 0 Å². The lowest BCUT2D eigenvalue weighted by molar-refractivity contribution is -0.130. The molecule has 2 aliphatic heterocycles. The molecule has 2 amide bonds. The molecule has 0 saturated carbocycles. The Morgan fingerprint density at radius 3 is 2.66 bits per heavy atom. The van der Waals surface area contributed by atoms with Crippen LogP contribution in [0.25, 0.3) is 0 Å². The molecule has 0 spiro atoms. The van der Waals surface area contributed by atoms with Crippen LogP contribution in [0, 0.1) is 17.7 Å². The van der Waals surface area contributed by atoms with Crippen LogP contribution in [0.1, 0.15) is 41.5 Å². The average molecular weight is 397 g/mol. The van der Waals surface area contributed by atoms with E-state index >= 15 is 0 Å². The molecule has 0 bridgehead atoms. The molecule has 0 radical (unpaired) electrons. The van der Waals surface area contributed by atoms with E-state index in [1.807, 2.05) is 13.0 Å². The highest BCUT2D eigenvalue weighted by atomic mass is 19.1.